The van der Waals surface area contributed by atoms with E-state index in [-0.39, 0.29) is 12.4 Å². The zero-order valence-corrected chi connectivity index (χ0v) is 22.6. The van der Waals surface area contributed by atoms with Crippen molar-refractivity contribution in [3.8, 4) is 0 Å². The summed E-state index contributed by atoms with van der Waals surface area (Å²) in [7, 11) is -3.36. The van der Waals surface area contributed by atoms with Gasteiger partial charge in [0, 0.05) is 0 Å². The predicted molar refractivity (Wildman–Crippen MR) is 141 cm³/mol. The van der Waals surface area contributed by atoms with Gasteiger partial charge in [0.2, 0.25) is 0 Å². The van der Waals surface area contributed by atoms with Gasteiger partial charge in [-0.1, -0.05) is 65.2 Å². The smallest absolute Gasteiger partial charge is 0.266 e. The molecule has 0 heterocycles. The Bertz CT molecular complexity index is 773. The van der Waals surface area contributed by atoms with Crippen molar-refractivity contribution in [1.82, 2.24) is 0 Å². The molecular formula is C28H48O3S. The first-order valence-corrected chi connectivity index (χ1v) is 13.8. The highest BCUT2D eigenvalue weighted by Crippen LogP contribution is 2.15. The Morgan fingerprint density at radius 2 is 1.00 bits per heavy atom. The lowest BCUT2D eigenvalue weighted by Gasteiger charge is -2.04. The molecule has 0 saturated heterocycles. The van der Waals surface area contributed by atoms with Crippen LogP contribution in [0.25, 0.3) is 0 Å². The first kappa shape index (κ1) is 30.6. The average Bonchev–Trinajstić information content (AvgIpc) is 2.67. The molecule has 0 aromatic carbocycles. The Labute approximate surface area is 199 Å². The lowest BCUT2D eigenvalue weighted by Crippen LogP contribution is -2.09. The Morgan fingerprint density at radius 1 is 0.625 bits per heavy atom. The monoisotopic (exact) mass is 464 g/mol. The van der Waals surface area contributed by atoms with Crippen LogP contribution in [-0.4, -0.2) is 20.8 Å². The molecule has 0 aliphatic carbocycles. The van der Waals surface area contributed by atoms with E-state index in [1.54, 1.807) is 0 Å². The van der Waals surface area contributed by atoms with Gasteiger partial charge in [-0.2, -0.15) is 8.42 Å². The Kier molecular flexibility index (Phi) is 17.3. The molecule has 0 N–H and O–H groups in total. The molecule has 0 aromatic heterocycles. The highest BCUT2D eigenvalue weighted by molar-refractivity contribution is 7.86. The summed E-state index contributed by atoms with van der Waals surface area (Å²) in [6, 6.07) is 0. The third kappa shape index (κ3) is 19.3. The zero-order valence-electron chi connectivity index (χ0n) is 21.8. The van der Waals surface area contributed by atoms with Crippen molar-refractivity contribution < 1.29 is 12.6 Å². The molecule has 0 unspecified atom stereocenters. The molecule has 0 fully saturated rings. The fourth-order valence-corrected chi connectivity index (χ4v) is 4.12. The van der Waals surface area contributed by atoms with Crippen molar-refractivity contribution in [1.29, 1.82) is 0 Å². The average molecular weight is 465 g/mol. The number of rotatable bonds is 17. The van der Waals surface area contributed by atoms with Gasteiger partial charge in [-0.05, 0) is 99.3 Å². The van der Waals surface area contributed by atoms with E-state index in [1.165, 1.54) is 27.9 Å². The third-order valence-corrected chi connectivity index (χ3v) is 6.72. The van der Waals surface area contributed by atoms with Gasteiger partial charge in [-0.25, -0.2) is 0 Å². The van der Waals surface area contributed by atoms with Gasteiger partial charge < -0.3 is 0 Å². The quantitative estimate of drug-likeness (QED) is 0.160. The molecule has 184 valence electrons. The maximum atomic E-state index is 11.5. The lowest BCUT2D eigenvalue weighted by molar-refractivity contribution is 0.356. The van der Waals surface area contributed by atoms with Crippen molar-refractivity contribution in [3.63, 3.8) is 0 Å². The van der Waals surface area contributed by atoms with Gasteiger partial charge in [0.05, 0.1) is 12.4 Å². The summed E-state index contributed by atoms with van der Waals surface area (Å²) in [4.78, 5) is 0. The highest BCUT2D eigenvalue weighted by Gasteiger charge is 2.07. The maximum absolute atomic E-state index is 11.5. The standard InChI is InChI=1S/C28H48O3S/c1-8-23-32(29,30)31-22-21-28(7)20-12-19-27(6)18-11-17-26(5)16-10-15-25(4)14-9-13-24(2)3/h13,15,17,19,21H,8-12,14,16,18,20,22-23H2,1-7H3. The molecule has 0 bridgehead atoms. The Hall–Kier alpha value is -1.39. The van der Waals surface area contributed by atoms with Gasteiger partial charge in [0.1, 0.15) is 0 Å². The first-order chi connectivity index (χ1) is 15.1. The van der Waals surface area contributed by atoms with Crippen LogP contribution in [0.1, 0.15) is 106 Å². The molecule has 32 heavy (non-hydrogen) atoms. The molecule has 0 atom stereocenters. The maximum Gasteiger partial charge on any atom is 0.267 e. The lowest BCUT2D eigenvalue weighted by atomic mass is 10.0. The van der Waals surface area contributed by atoms with Crippen LogP contribution in [0.3, 0.4) is 0 Å². The van der Waals surface area contributed by atoms with E-state index < -0.39 is 10.1 Å². The summed E-state index contributed by atoms with van der Waals surface area (Å²) in [5.74, 6) is 0.0860. The SMILES string of the molecule is CCCS(=O)(=O)OCC=C(C)CCC=C(C)CCC=C(C)CCC=C(C)CCC=C(C)C. The molecule has 0 rings (SSSR count). The Morgan fingerprint density at radius 3 is 1.38 bits per heavy atom. The van der Waals surface area contributed by atoms with Crippen LogP contribution in [0.15, 0.2) is 58.2 Å². The van der Waals surface area contributed by atoms with Crippen LogP contribution in [0.4, 0.5) is 0 Å². The van der Waals surface area contributed by atoms with E-state index in [4.69, 9.17) is 4.18 Å². The van der Waals surface area contributed by atoms with Crippen LogP contribution in [0, 0.1) is 0 Å². The van der Waals surface area contributed by atoms with Gasteiger partial charge in [0.25, 0.3) is 10.1 Å². The van der Waals surface area contributed by atoms with Crippen molar-refractivity contribution >= 4 is 10.1 Å². The minimum atomic E-state index is -3.36. The van der Waals surface area contributed by atoms with E-state index in [9.17, 15) is 8.42 Å². The van der Waals surface area contributed by atoms with Gasteiger partial charge in [-0.3, -0.25) is 4.18 Å². The number of allylic oxidation sites excluding steroid dienone is 9. The van der Waals surface area contributed by atoms with Crippen molar-refractivity contribution in [2.45, 2.75) is 106 Å². The first-order valence-electron chi connectivity index (χ1n) is 12.2. The van der Waals surface area contributed by atoms with Crippen LogP contribution in [-0.2, 0) is 14.3 Å². The minimum Gasteiger partial charge on any atom is -0.266 e. The zero-order chi connectivity index (χ0) is 24.4. The second-order valence-corrected chi connectivity index (χ2v) is 10.9. The predicted octanol–water partition coefficient (Wildman–Crippen LogP) is 8.62. The third-order valence-electron chi connectivity index (χ3n) is 5.32. The van der Waals surface area contributed by atoms with Crippen LogP contribution in [0.2, 0.25) is 0 Å². The molecule has 0 aromatic rings. The summed E-state index contributed by atoms with van der Waals surface area (Å²) in [6.45, 7) is 15.0. The van der Waals surface area contributed by atoms with Crippen LogP contribution in [0.5, 0.6) is 0 Å². The van der Waals surface area contributed by atoms with E-state index in [2.05, 4.69) is 58.9 Å². The molecule has 3 nitrogen and oxygen atoms in total. The van der Waals surface area contributed by atoms with Crippen molar-refractivity contribution in [3.05, 3.63) is 58.2 Å². The summed E-state index contributed by atoms with van der Waals surface area (Å²) in [5.41, 5.74) is 6.95. The summed E-state index contributed by atoms with van der Waals surface area (Å²) in [6.07, 6.45) is 20.5. The Balaban J connectivity index is 4.15. The highest BCUT2D eigenvalue weighted by atomic mass is 32.2. The molecule has 0 radical (unpaired) electrons. The second kappa shape index (κ2) is 18.1. The molecule has 0 amide bonds. The van der Waals surface area contributed by atoms with E-state index in [1.807, 2.05) is 19.9 Å². The second-order valence-electron chi connectivity index (χ2n) is 9.18. The summed E-state index contributed by atoms with van der Waals surface area (Å²) in [5, 5.41) is 0. The molecule has 0 aliphatic rings. The largest absolute Gasteiger partial charge is 0.267 e. The topological polar surface area (TPSA) is 43.4 Å². The molecule has 4 heteroatoms. The van der Waals surface area contributed by atoms with E-state index in [0.717, 1.165) is 51.4 Å². The van der Waals surface area contributed by atoms with E-state index in [0.29, 0.717) is 6.42 Å². The fourth-order valence-electron chi connectivity index (χ4n) is 3.22. The van der Waals surface area contributed by atoms with Gasteiger partial charge in [0.15, 0.2) is 0 Å². The molecular weight excluding hydrogens is 416 g/mol. The van der Waals surface area contributed by atoms with Gasteiger partial charge >= 0.3 is 0 Å². The van der Waals surface area contributed by atoms with E-state index >= 15 is 0 Å². The van der Waals surface area contributed by atoms with Crippen molar-refractivity contribution in [2.75, 3.05) is 12.4 Å². The number of hydrogen-bond donors (Lipinski definition) is 0. The fraction of sp³-hybridized carbons (Fsp3) is 0.643. The summed E-state index contributed by atoms with van der Waals surface area (Å²) >= 11 is 0. The van der Waals surface area contributed by atoms with Crippen LogP contribution >= 0.6 is 0 Å². The van der Waals surface area contributed by atoms with Crippen molar-refractivity contribution in [2.24, 2.45) is 0 Å². The number of hydrogen-bond acceptors (Lipinski definition) is 3. The van der Waals surface area contributed by atoms with Gasteiger partial charge in [-0.15, -0.1) is 0 Å². The minimum absolute atomic E-state index is 0.0860. The molecule has 0 aliphatic heterocycles. The molecule has 0 saturated carbocycles. The van der Waals surface area contributed by atoms with Crippen LogP contribution < -0.4 is 0 Å². The summed E-state index contributed by atoms with van der Waals surface area (Å²) < 4.78 is 28.1. The normalized spacial score (nSPS) is 14.1. The molecule has 0 spiro atoms.